The summed E-state index contributed by atoms with van der Waals surface area (Å²) in [5.41, 5.74) is 2.01. The van der Waals surface area contributed by atoms with Gasteiger partial charge in [-0.2, -0.15) is 0 Å². The Morgan fingerprint density at radius 2 is 1.92 bits per heavy atom. The fraction of sp³-hybridized carbons (Fsp3) is 0.222. The average Bonchev–Trinajstić information content (AvgIpc) is 3.17. The molecule has 1 aromatic carbocycles. The minimum absolute atomic E-state index is 0.0713. The van der Waals surface area contributed by atoms with Crippen molar-refractivity contribution in [3.05, 3.63) is 59.6 Å². The van der Waals surface area contributed by atoms with Gasteiger partial charge in [-0.1, -0.05) is 30.3 Å². The predicted octanol–water partition coefficient (Wildman–Crippen LogP) is 2.32. The SMILES string of the molecule is O=C(CCNS(=O)(=O)c1cccs1)NCCc1cccc2cccnc12. The molecule has 0 spiro atoms. The molecule has 0 aliphatic carbocycles. The largest absolute Gasteiger partial charge is 0.356 e. The Bertz CT molecular complexity index is 981. The number of nitrogens with zero attached hydrogens (tertiary/aromatic N) is 1. The van der Waals surface area contributed by atoms with Crippen LogP contribution < -0.4 is 10.0 Å². The number of fused-ring (bicyclic) bond motifs is 1. The lowest BCUT2D eigenvalue weighted by Crippen LogP contribution is -2.31. The number of nitrogens with one attached hydrogen (secondary N) is 2. The van der Waals surface area contributed by atoms with E-state index in [1.807, 2.05) is 30.3 Å². The van der Waals surface area contributed by atoms with Crippen molar-refractivity contribution in [2.24, 2.45) is 0 Å². The number of aromatic nitrogens is 1. The van der Waals surface area contributed by atoms with Gasteiger partial charge in [0.05, 0.1) is 5.52 Å². The van der Waals surface area contributed by atoms with Crippen LogP contribution in [0.5, 0.6) is 0 Å². The summed E-state index contributed by atoms with van der Waals surface area (Å²) in [6, 6.07) is 13.1. The zero-order chi connectivity index (χ0) is 18.4. The van der Waals surface area contributed by atoms with Crippen molar-refractivity contribution in [3.63, 3.8) is 0 Å². The minimum Gasteiger partial charge on any atom is -0.356 e. The first-order valence-electron chi connectivity index (χ1n) is 8.19. The van der Waals surface area contributed by atoms with Crippen LogP contribution in [-0.4, -0.2) is 32.4 Å². The van der Waals surface area contributed by atoms with Gasteiger partial charge in [0, 0.05) is 31.1 Å². The summed E-state index contributed by atoms with van der Waals surface area (Å²) in [4.78, 5) is 16.3. The first-order valence-corrected chi connectivity index (χ1v) is 10.5. The van der Waals surface area contributed by atoms with E-state index in [4.69, 9.17) is 0 Å². The van der Waals surface area contributed by atoms with Crippen LogP contribution in [0.2, 0.25) is 0 Å². The molecule has 26 heavy (non-hydrogen) atoms. The molecule has 136 valence electrons. The Hall–Kier alpha value is -2.29. The summed E-state index contributed by atoms with van der Waals surface area (Å²) in [6.07, 6.45) is 2.52. The van der Waals surface area contributed by atoms with Crippen LogP contribution in [0.15, 0.2) is 58.3 Å². The number of sulfonamides is 1. The summed E-state index contributed by atoms with van der Waals surface area (Å²) in [5.74, 6) is -0.188. The van der Waals surface area contributed by atoms with Crippen LogP contribution >= 0.6 is 11.3 Å². The summed E-state index contributed by atoms with van der Waals surface area (Å²) in [5, 5.41) is 5.58. The van der Waals surface area contributed by atoms with Crippen molar-refractivity contribution in [1.29, 1.82) is 0 Å². The van der Waals surface area contributed by atoms with Gasteiger partial charge in [-0.3, -0.25) is 9.78 Å². The second kappa shape index (κ2) is 8.39. The van der Waals surface area contributed by atoms with E-state index in [9.17, 15) is 13.2 Å². The molecule has 3 aromatic rings. The highest BCUT2D eigenvalue weighted by atomic mass is 32.2. The number of benzene rings is 1. The Labute approximate surface area is 156 Å². The lowest BCUT2D eigenvalue weighted by Gasteiger charge is -2.08. The van der Waals surface area contributed by atoms with Gasteiger partial charge in [0.15, 0.2) is 0 Å². The third kappa shape index (κ3) is 4.66. The normalized spacial score (nSPS) is 11.5. The predicted molar refractivity (Wildman–Crippen MR) is 103 cm³/mol. The molecule has 0 aliphatic heterocycles. The molecule has 0 aliphatic rings. The second-order valence-corrected chi connectivity index (χ2v) is 8.61. The molecule has 0 saturated heterocycles. The Kier molecular flexibility index (Phi) is 5.97. The average molecular weight is 390 g/mol. The number of pyridine rings is 1. The Morgan fingerprint density at radius 1 is 1.08 bits per heavy atom. The highest BCUT2D eigenvalue weighted by Crippen LogP contribution is 2.16. The van der Waals surface area contributed by atoms with Gasteiger partial charge < -0.3 is 5.32 Å². The van der Waals surface area contributed by atoms with Gasteiger partial charge in [-0.05, 0) is 29.5 Å². The minimum atomic E-state index is -3.52. The van der Waals surface area contributed by atoms with Crippen LogP contribution in [0, 0.1) is 0 Å². The smallest absolute Gasteiger partial charge is 0.250 e. The maximum Gasteiger partial charge on any atom is 0.250 e. The molecular weight excluding hydrogens is 370 g/mol. The number of amides is 1. The van der Waals surface area contributed by atoms with Crippen molar-refractivity contribution >= 4 is 38.2 Å². The number of rotatable bonds is 8. The van der Waals surface area contributed by atoms with Gasteiger partial charge >= 0.3 is 0 Å². The molecule has 0 saturated carbocycles. The standard InChI is InChI=1S/C18H19N3O3S2/c22-16(9-12-21-26(23,24)17-7-3-13-25-17)19-11-8-15-5-1-4-14-6-2-10-20-18(14)15/h1-7,10,13,21H,8-9,11-12H2,(H,19,22). The van der Waals surface area contributed by atoms with Gasteiger partial charge in [-0.15, -0.1) is 11.3 Å². The number of thiophene rings is 1. The Balaban J connectivity index is 1.44. The second-order valence-electron chi connectivity index (χ2n) is 5.67. The quantitative estimate of drug-likeness (QED) is 0.619. The maximum atomic E-state index is 12.0. The van der Waals surface area contributed by atoms with Gasteiger partial charge in [-0.25, -0.2) is 13.1 Å². The van der Waals surface area contributed by atoms with E-state index < -0.39 is 10.0 Å². The van der Waals surface area contributed by atoms with Crippen molar-refractivity contribution in [2.75, 3.05) is 13.1 Å². The highest BCUT2D eigenvalue weighted by Gasteiger charge is 2.14. The van der Waals surface area contributed by atoms with E-state index >= 15 is 0 Å². The fourth-order valence-corrected chi connectivity index (χ4v) is 4.65. The molecule has 1 amide bonds. The number of para-hydroxylation sites is 1. The molecule has 3 rings (SSSR count). The molecule has 2 N–H and O–H groups in total. The van der Waals surface area contributed by atoms with Gasteiger partial charge in [0.2, 0.25) is 15.9 Å². The van der Waals surface area contributed by atoms with Crippen molar-refractivity contribution in [1.82, 2.24) is 15.0 Å². The van der Waals surface area contributed by atoms with E-state index in [1.54, 1.807) is 17.6 Å². The molecule has 0 bridgehead atoms. The fourth-order valence-electron chi connectivity index (χ4n) is 2.58. The summed E-state index contributed by atoms with van der Waals surface area (Å²) < 4.78 is 26.6. The maximum absolute atomic E-state index is 12.0. The lowest BCUT2D eigenvalue weighted by atomic mass is 10.1. The molecule has 0 atom stereocenters. The van der Waals surface area contributed by atoms with Crippen molar-refractivity contribution in [3.8, 4) is 0 Å². The lowest BCUT2D eigenvalue weighted by molar-refractivity contribution is -0.120. The zero-order valence-electron chi connectivity index (χ0n) is 14.0. The van der Waals surface area contributed by atoms with Crippen molar-refractivity contribution in [2.45, 2.75) is 17.1 Å². The number of hydrogen-bond donors (Lipinski definition) is 2. The molecular formula is C18H19N3O3S2. The zero-order valence-corrected chi connectivity index (χ0v) is 15.6. The number of carbonyl (C=O) groups is 1. The molecule has 6 nitrogen and oxygen atoms in total. The molecule has 2 heterocycles. The van der Waals surface area contributed by atoms with E-state index in [0.717, 1.165) is 27.8 Å². The Morgan fingerprint density at radius 3 is 2.73 bits per heavy atom. The molecule has 0 unspecified atom stereocenters. The summed E-state index contributed by atoms with van der Waals surface area (Å²) >= 11 is 1.14. The topological polar surface area (TPSA) is 88.2 Å². The third-order valence-corrected chi connectivity index (χ3v) is 6.70. The molecule has 2 aromatic heterocycles. The first kappa shape index (κ1) is 18.5. The highest BCUT2D eigenvalue weighted by molar-refractivity contribution is 7.91. The van der Waals surface area contributed by atoms with Crippen LogP contribution in [0.25, 0.3) is 10.9 Å². The molecule has 8 heteroatoms. The van der Waals surface area contributed by atoms with E-state index in [2.05, 4.69) is 15.0 Å². The molecule has 0 fully saturated rings. The van der Waals surface area contributed by atoms with E-state index in [-0.39, 0.29) is 23.1 Å². The van der Waals surface area contributed by atoms with E-state index in [0.29, 0.717) is 13.0 Å². The van der Waals surface area contributed by atoms with E-state index in [1.165, 1.54) is 6.07 Å². The van der Waals surface area contributed by atoms with Gasteiger partial charge in [0.1, 0.15) is 4.21 Å². The van der Waals surface area contributed by atoms with Crippen LogP contribution in [0.1, 0.15) is 12.0 Å². The molecule has 0 radical (unpaired) electrons. The van der Waals surface area contributed by atoms with Crippen molar-refractivity contribution < 1.29 is 13.2 Å². The summed E-state index contributed by atoms with van der Waals surface area (Å²) in [6.45, 7) is 0.550. The summed E-state index contributed by atoms with van der Waals surface area (Å²) in [7, 11) is -3.52. The van der Waals surface area contributed by atoms with Crippen LogP contribution in [0.3, 0.4) is 0 Å². The first-order chi connectivity index (χ1) is 12.6. The van der Waals surface area contributed by atoms with Crippen LogP contribution in [0.4, 0.5) is 0 Å². The number of hydrogen-bond acceptors (Lipinski definition) is 5. The third-order valence-electron chi connectivity index (χ3n) is 3.84. The van der Waals surface area contributed by atoms with Crippen LogP contribution in [-0.2, 0) is 21.2 Å². The number of carbonyl (C=O) groups excluding carboxylic acids is 1. The van der Waals surface area contributed by atoms with Gasteiger partial charge in [0.25, 0.3) is 0 Å². The monoisotopic (exact) mass is 389 g/mol.